The second-order valence-corrected chi connectivity index (χ2v) is 8.57. The second-order valence-electron chi connectivity index (χ2n) is 7.63. The molecule has 0 fully saturated rings. The Morgan fingerprint density at radius 1 is 0.914 bits per heavy atom. The number of hydrogen-bond donors (Lipinski definition) is 2. The van der Waals surface area contributed by atoms with Crippen LogP contribution in [0.2, 0.25) is 0 Å². The molecule has 1 aromatic heterocycles. The quantitative estimate of drug-likeness (QED) is 0.217. The van der Waals surface area contributed by atoms with E-state index in [1.807, 2.05) is 77.4 Å². The van der Waals surface area contributed by atoms with Gasteiger partial charge < -0.3 is 5.32 Å². The summed E-state index contributed by atoms with van der Waals surface area (Å²) in [6.45, 7) is 3.24. The molecule has 0 spiro atoms. The van der Waals surface area contributed by atoms with Crippen LogP contribution in [0.15, 0.2) is 95.2 Å². The van der Waals surface area contributed by atoms with Crippen molar-refractivity contribution in [1.29, 1.82) is 0 Å². The molecule has 2 amide bonds. The molecule has 0 aliphatic carbocycles. The Morgan fingerprint density at radius 2 is 1.63 bits per heavy atom. The predicted octanol–water partition coefficient (Wildman–Crippen LogP) is 4.53. The van der Waals surface area contributed by atoms with Gasteiger partial charge in [-0.05, 0) is 36.8 Å². The van der Waals surface area contributed by atoms with Gasteiger partial charge in [-0.15, -0.1) is 10.2 Å². The highest BCUT2D eigenvalue weighted by atomic mass is 32.2. The van der Waals surface area contributed by atoms with Crippen molar-refractivity contribution in [3.63, 3.8) is 0 Å². The highest BCUT2D eigenvalue weighted by molar-refractivity contribution is 7.99. The Balaban J connectivity index is 1.47. The molecule has 8 nitrogen and oxygen atoms in total. The smallest absolute Gasteiger partial charge is 0.250 e. The molecule has 0 saturated carbocycles. The molecule has 4 rings (SSSR count). The van der Waals surface area contributed by atoms with Gasteiger partial charge in [0.05, 0.1) is 11.5 Å². The van der Waals surface area contributed by atoms with E-state index in [0.29, 0.717) is 22.4 Å². The molecule has 9 heteroatoms. The molecule has 0 saturated heterocycles. The number of nitrogens with zero attached hydrogens (tertiary/aromatic N) is 4. The number of anilines is 1. The van der Waals surface area contributed by atoms with E-state index in [1.165, 1.54) is 18.7 Å². The minimum absolute atomic E-state index is 0.114. The molecule has 0 aliphatic heterocycles. The maximum Gasteiger partial charge on any atom is 0.250 e. The minimum Gasteiger partial charge on any atom is -0.326 e. The lowest BCUT2D eigenvalue weighted by molar-refractivity contribution is -0.118. The number of benzene rings is 3. The van der Waals surface area contributed by atoms with Gasteiger partial charge in [0.15, 0.2) is 11.0 Å². The van der Waals surface area contributed by atoms with Gasteiger partial charge in [-0.25, -0.2) is 5.43 Å². The summed E-state index contributed by atoms with van der Waals surface area (Å²) in [5, 5.41) is 16.3. The molecular formula is C26H24N6O2S. The van der Waals surface area contributed by atoms with Crippen molar-refractivity contribution in [2.75, 3.05) is 11.1 Å². The molecule has 0 aliphatic rings. The normalized spacial score (nSPS) is 11.2. The first-order valence-electron chi connectivity index (χ1n) is 10.9. The molecule has 0 unspecified atom stereocenters. The summed E-state index contributed by atoms with van der Waals surface area (Å²) >= 11 is 1.28. The number of rotatable bonds is 8. The first-order chi connectivity index (χ1) is 17.0. The van der Waals surface area contributed by atoms with Gasteiger partial charge in [0.1, 0.15) is 0 Å². The van der Waals surface area contributed by atoms with Crippen LogP contribution in [0.3, 0.4) is 0 Å². The predicted molar refractivity (Wildman–Crippen MR) is 139 cm³/mol. The number of amides is 2. The van der Waals surface area contributed by atoms with Crippen LogP contribution in [0.25, 0.3) is 17.1 Å². The van der Waals surface area contributed by atoms with Crippen LogP contribution in [0.4, 0.5) is 5.69 Å². The zero-order valence-electron chi connectivity index (χ0n) is 19.3. The molecule has 0 radical (unpaired) electrons. The number of carbonyl (C=O) groups excluding carboxylic acids is 2. The highest BCUT2D eigenvalue weighted by Gasteiger charge is 2.17. The van der Waals surface area contributed by atoms with Crippen LogP contribution in [0.1, 0.15) is 19.4 Å². The zero-order valence-corrected chi connectivity index (χ0v) is 20.1. The van der Waals surface area contributed by atoms with Crippen molar-refractivity contribution in [2.45, 2.75) is 19.0 Å². The summed E-state index contributed by atoms with van der Waals surface area (Å²) in [6.07, 6.45) is 0. The van der Waals surface area contributed by atoms with Gasteiger partial charge in [-0.2, -0.15) is 5.10 Å². The fourth-order valence-corrected chi connectivity index (χ4v) is 4.09. The van der Waals surface area contributed by atoms with Crippen molar-refractivity contribution in [2.24, 2.45) is 5.10 Å². The second kappa shape index (κ2) is 11.3. The molecule has 2 N–H and O–H groups in total. The van der Waals surface area contributed by atoms with E-state index in [1.54, 1.807) is 19.1 Å². The number of hydrazone groups is 1. The van der Waals surface area contributed by atoms with Crippen molar-refractivity contribution < 1.29 is 9.59 Å². The summed E-state index contributed by atoms with van der Waals surface area (Å²) in [5.74, 6) is 0.396. The number of carbonyl (C=O) groups is 2. The Morgan fingerprint density at radius 3 is 2.34 bits per heavy atom. The summed E-state index contributed by atoms with van der Waals surface area (Å²) in [4.78, 5) is 23.8. The van der Waals surface area contributed by atoms with Crippen LogP contribution in [-0.4, -0.2) is 38.0 Å². The van der Waals surface area contributed by atoms with E-state index < -0.39 is 0 Å². The van der Waals surface area contributed by atoms with Crippen molar-refractivity contribution in [1.82, 2.24) is 20.2 Å². The molecule has 4 aromatic rings. The Hall–Kier alpha value is -4.24. The van der Waals surface area contributed by atoms with Gasteiger partial charge in [-0.1, -0.05) is 72.4 Å². The Kier molecular flexibility index (Phi) is 7.69. The van der Waals surface area contributed by atoms with Crippen molar-refractivity contribution >= 4 is 35.0 Å². The monoisotopic (exact) mass is 484 g/mol. The summed E-state index contributed by atoms with van der Waals surface area (Å²) in [6, 6.07) is 26.9. The molecular weight excluding hydrogens is 460 g/mol. The van der Waals surface area contributed by atoms with E-state index in [9.17, 15) is 9.59 Å². The molecule has 176 valence electrons. The molecule has 0 bridgehead atoms. The van der Waals surface area contributed by atoms with E-state index in [-0.39, 0.29) is 17.6 Å². The number of hydrogen-bond acceptors (Lipinski definition) is 6. The van der Waals surface area contributed by atoms with E-state index in [0.717, 1.165) is 16.8 Å². The SMILES string of the molecule is CC(=O)Nc1cccc(/C(C)=N/NC(=O)CSc2nnc(-c3ccccc3)n2-c2ccccc2)c1. The fourth-order valence-electron chi connectivity index (χ4n) is 3.35. The van der Waals surface area contributed by atoms with Crippen molar-refractivity contribution in [3.8, 4) is 17.1 Å². The lowest BCUT2D eigenvalue weighted by atomic mass is 10.1. The van der Waals surface area contributed by atoms with Crippen LogP contribution >= 0.6 is 11.8 Å². The third kappa shape index (κ3) is 6.21. The third-order valence-electron chi connectivity index (χ3n) is 4.96. The third-order valence-corrected chi connectivity index (χ3v) is 5.89. The first-order valence-corrected chi connectivity index (χ1v) is 11.9. The maximum atomic E-state index is 12.5. The van der Waals surface area contributed by atoms with E-state index >= 15 is 0 Å². The lowest BCUT2D eigenvalue weighted by Crippen LogP contribution is -2.21. The maximum absolute atomic E-state index is 12.5. The summed E-state index contributed by atoms with van der Waals surface area (Å²) in [7, 11) is 0. The number of nitrogens with one attached hydrogen (secondary N) is 2. The van der Waals surface area contributed by atoms with Crippen LogP contribution < -0.4 is 10.7 Å². The average Bonchev–Trinajstić information content (AvgIpc) is 3.31. The van der Waals surface area contributed by atoms with Gasteiger partial charge in [0.2, 0.25) is 5.91 Å². The average molecular weight is 485 g/mol. The lowest BCUT2D eigenvalue weighted by Gasteiger charge is -2.10. The van der Waals surface area contributed by atoms with Gasteiger partial charge in [0, 0.05) is 23.9 Å². The summed E-state index contributed by atoms with van der Waals surface area (Å²) < 4.78 is 1.94. The number of aromatic nitrogens is 3. The minimum atomic E-state index is -0.267. The Labute approximate surface area is 207 Å². The van der Waals surface area contributed by atoms with E-state index in [4.69, 9.17) is 0 Å². The Bertz CT molecular complexity index is 1350. The van der Waals surface area contributed by atoms with E-state index in [2.05, 4.69) is 26.0 Å². The summed E-state index contributed by atoms with van der Waals surface area (Å²) in [5.41, 5.74) is 6.51. The topological polar surface area (TPSA) is 101 Å². The van der Waals surface area contributed by atoms with Crippen LogP contribution in [0.5, 0.6) is 0 Å². The van der Waals surface area contributed by atoms with Gasteiger partial charge in [0.25, 0.3) is 5.91 Å². The van der Waals surface area contributed by atoms with Crippen LogP contribution in [0, 0.1) is 0 Å². The molecule has 35 heavy (non-hydrogen) atoms. The molecule has 0 atom stereocenters. The van der Waals surface area contributed by atoms with Crippen LogP contribution in [-0.2, 0) is 9.59 Å². The fraction of sp³-hybridized carbons (Fsp3) is 0.115. The molecule has 3 aromatic carbocycles. The largest absolute Gasteiger partial charge is 0.326 e. The van der Waals surface area contributed by atoms with Gasteiger partial charge in [-0.3, -0.25) is 14.2 Å². The molecule has 1 heterocycles. The number of para-hydroxylation sites is 1. The number of thioether (sulfide) groups is 1. The van der Waals surface area contributed by atoms with Crippen molar-refractivity contribution in [3.05, 3.63) is 90.5 Å². The van der Waals surface area contributed by atoms with Gasteiger partial charge >= 0.3 is 0 Å². The zero-order chi connectivity index (χ0) is 24.6. The highest BCUT2D eigenvalue weighted by Crippen LogP contribution is 2.27. The standard InChI is InChI=1S/C26H24N6O2S/c1-18(21-12-9-13-22(16-21)27-19(2)33)28-29-24(34)17-35-26-31-30-25(20-10-5-3-6-11-20)32(26)23-14-7-4-8-15-23/h3-16H,17H2,1-2H3,(H,27,33)(H,29,34)/b28-18+. The first kappa shape index (κ1) is 23.9.